The first-order valence-electron chi connectivity index (χ1n) is 4.05. The molecule has 2 heteroatoms. The van der Waals surface area contributed by atoms with Crippen molar-refractivity contribution < 1.29 is 0 Å². The number of hydrogen-bond donors (Lipinski definition) is 1. The van der Waals surface area contributed by atoms with E-state index in [4.69, 9.17) is 5.73 Å². The van der Waals surface area contributed by atoms with E-state index >= 15 is 0 Å². The van der Waals surface area contributed by atoms with Gasteiger partial charge in [0, 0.05) is 10.9 Å². The van der Waals surface area contributed by atoms with Crippen LogP contribution in [0.3, 0.4) is 0 Å². The van der Waals surface area contributed by atoms with Gasteiger partial charge in [-0.3, -0.25) is 0 Å². The highest BCUT2D eigenvalue weighted by Gasteiger charge is 2.07. The Morgan fingerprint density at radius 2 is 2.36 bits per heavy atom. The van der Waals surface area contributed by atoms with Gasteiger partial charge in [0.05, 0.1) is 0 Å². The molecule has 1 heterocycles. The normalized spacial score (nSPS) is 13.4. The number of aryl methyl sites for hydroxylation is 1. The van der Waals surface area contributed by atoms with Gasteiger partial charge in [-0.25, -0.2) is 0 Å². The summed E-state index contributed by atoms with van der Waals surface area (Å²) >= 11 is 1.78. The Morgan fingerprint density at radius 1 is 1.64 bits per heavy atom. The van der Waals surface area contributed by atoms with Gasteiger partial charge in [0.2, 0.25) is 0 Å². The lowest BCUT2D eigenvalue weighted by molar-refractivity contribution is 0.638. The molecule has 0 aliphatic carbocycles. The van der Waals surface area contributed by atoms with Crippen molar-refractivity contribution in [1.29, 1.82) is 0 Å². The first-order chi connectivity index (χ1) is 5.25. The number of rotatable bonds is 3. The molecule has 0 aromatic carbocycles. The Balaban J connectivity index is 2.67. The number of hydrogen-bond acceptors (Lipinski definition) is 2. The van der Waals surface area contributed by atoms with Crippen molar-refractivity contribution in [2.24, 2.45) is 5.73 Å². The fourth-order valence-corrected chi connectivity index (χ4v) is 2.02. The van der Waals surface area contributed by atoms with E-state index < -0.39 is 0 Å². The lowest BCUT2D eigenvalue weighted by atomic mass is 10.1. The van der Waals surface area contributed by atoms with Crippen LogP contribution in [0.2, 0.25) is 0 Å². The van der Waals surface area contributed by atoms with Crippen LogP contribution in [-0.2, 0) is 0 Å². The minimum Gasteiger partial charge on any atom is -0.324 e. The van der Waals surface area contributed by atoms with Gasteiger partial charge in [-0.05, 0) is 30.4 Å². The molecule has 1 rings (SSSR count). The van der Waals surface area contributed by atoms with Crippen LogP contribution in [0.15, 0.2) is 11.4 Å². The van der Waals surface area contributed by atoms with Crippen LogP contribution in [0.5, 0.6) is 0 Å². The zero-order chi connectivity index (χ0) is 8.27. The highest BCUT2D eigenvalue weighted by molar-refractivity contribution is 7.10. The quantitative estimate of drug-likeness (QED) is 0.739. The SMILES string of the molecule is CCCC(N)c1ccsc1C. The topological polar surface area (TPSA) is 26.0 Å². The molecule has 0 saturated heterocycles. The first kappa shape index (κ1) is 8.75. The molecule has 0 aliphatic rings. The van der Waals surface area contributed by atoms with Crippen LogP contribution >= 0.6 is 11.3 Å². The fourth-order valence-electron chi connectivity index (χ4n) is 1.25. The molecule has 0 radical (unpaired) electrons. The van der Waals surface area contributed by atoms with Crippen molar-refractivity contribution in [1.82, 2.24) is 0 Å². The summed E-state index contributed by atoms with van der Waals surface area (Å²) in [6, 6.07) is 2.39. The second-order valence-electron chi connectivity index (χ2n) is 2.83. The summed E-state index contributed by atoms with van der Waals surface area (Å²) in [4.78, 5) is 1.37. The van der Waals surface area contributed by atoms with Crippen molar-refractivity contribution in [2.75, 3.05) is 0 Å². The summed E-state index contributed by atoms with van der Waals surface area (Å²) in [5.74, 6) is 0. The second kappa shape index (κ2) is 3.88. The Labute approximate surface area is 72.2 Å². The van der Waals surface area contributed by atoms with E-state index in [-0.39, 0.29) is 6.04 Å². The molecule has 0 aliphatic heterocycles. The van der Waals surface area contributed by atoms with E-state index in [1.165, 1.54) is 10.4 Å². The summed E-state index contributed by atoms with van der Waals surface area (Å²) in [6.45, 7) is 4.30. The summed E-state index contributed by atoms with van der Waals surface area (Å²) in [5.41, 5.74) is 7.29. The summed E-state index contributed by atoms with van der Waals surface area (Å²) in [7, 11) is 0. The second-order valence-corrected chi connectivity index (χ2v) is 3.95. The monoisotopic (exact) mass is 169 g/mol. The van der Waals surface area contributed by atoms with Gasteiger partial charge < -0.3 is 5.73 Å². The molecule has 1 aromatic heterocycles. The molecule has 0 fully saturated rings. The maximum atomic E-state index is 5.96. The van der Waals surface area contributed by atoms with Crippen molar-refractivity contribution >= 4 is 11.3 Å². The third-order valence-corrected chi connectivity index (χ3v) is 2.76. The molecule has 62 valence electrons. The van der Waals surface area contributed by atoms with Gasteiger partial charge in [-0.2, -0.15) is 0 Å². The molecule has 2 N–H and O–H groups in total. The highest BCUT2D eigenvalue weighted by Crippen LogP contribution is 2.23. The van der Waals surface area contributed by atoms with Gasteiger partial charge in [-0.1, -0.05) is 13.3 Å². The Morgan fingerprint density at radius 3 is 2.82 bits per heavy atom. The van der Waals surface area contributed by atoms with Crippen LogP contribution in [0, 0.1) is 6.92 Å². The fraction of sp³-hybridized carbons (Fsp3) is 0.556. The van der Waals surface area contributed by atoms with Crippen LogP contribution in [0.25, 0.3) is 0 Å². The van der Waals surface area contributed by atoms with Gasteiger partial charge in [-0.15, -0.1) is 11.3 Å². The molecule has 11 heavy (non-hydrogen) atoms. The lowest BCUT2D eigenvalue weighted by Gasteiger charge is -2.08. The van der Waals surface area contributed by atoms with Gasteiger partial charge in [0.25, 0.3) is 0 Å². The molecule has 0 bridgehead atoms. The van der Waals surface area contributed by atoms with Gasteiger partial charge >= 0.3 is 0 Å². The highest BCUT2D eigenvalue weighted by atomic mass is 32.1. The number of thiophene rings is 1. The predicted molar refractivity (Wildman–Crippen MR) is 50.9 cm³/mol. The molecule has 0 amide bonds. The largest absolute Gasteiger partial charge is 0.324 e. The third kappa shape index (κ3) is 2.04. The minimum absolute atomic E-state index is 0.256. The van der Waals surface area contributed by atoms with E-state index in [0.717, 1.165) is 12.8 Å². The average molecular weight is 169 g/mol. The standard InChI is InChI=1S/C9H15NS/c1-3-4-9(10)8-5-6-11-7(8)2/h5-6,9H,3-4,10H2,1-2H3. The molecular weight excluding hydrogens is 154 g/mol. The first-order valence-corrected chi connectivity index (χ1v) is 4.93. The summed E-state index contributed by atoms with van der Waals surface area (Å²) in [5, 5.41) is 2.11. The molecule has 1 unspecified atom stereocenters. The maximum Gasteiger partial charge on any atom is 0.0305 e. The van der Waals surface area contributed by atoms with Crippen LogP contribution in [0.1, 0.15) is 36.2 Å². The smallest absolute Gasteiger partial charge is 0.0305 e. The molecular formula is C9H15NS. The van der Waals surface area contributed by atoms with Crippen molar-refractivity contribution in [3.63, 3.8) is 0 Å². The average Bonchev–Trinajstić information content (AvgIpc) is 2.36. The predicted octanol–water partition coefficient (Wildman–Crippen LogP) is 2.86. The van der Waals surface area contributed by atoms with Crippen LogP contribution in [0.4, 0.5) is 0 Å². The van der Waals surface area contributed by atoms with E-state index in [2.05, 4.69) is 25.3 Å². The third-order valence-electron chi connectivity index (χ3n) is 1.90. The van der Waals surface area contributed by atoms with Crippen LogP contribution < -0.4 is 5.73 Å². The van der Waals surface area contributed by atoms with E-state index in [9.17, 15) is 0 Å². The van der Waals surface area contributed by atoms with E-state index in [1.807, 2.05) is 0 Å². The van der Waals surface area contributed by atoms with Crippen molar-refractivity contribution in [2.45, 2.75) is 32.7 Å². The Hall–Kier alpha value is -0.340. The Bertz CT molecular complexity index is 217. The van der Waals surface area contributed by atoms with Crippen LogP contribution in [-0.4, -0.2) is 0 Å². The molecule has 1 atom stereocenters. The lowest BCUT2D eigenvalue weighted by Crippen LogP contribution is -2.09. The van der Waals surface area contributed by atoms with E-state index in [0.29, 0.717) is 0 Å². The summed E-state index contributed by atoms with van der Waals surface area (Å²) in [6.07, 6.45) is 2.26. The zero-order valence-electron chi connectivity index (χ0n) is 7.13. The molecule has 1 nitrogen and oxygen atoms in total. The Kier molecular flexibility index (Phi) is 3.09. The summed E-state index contributed by atoms with van der Waals surface area (Å²) < 4.78 is 0. The van der Waals surface area contributed by atoms with Gasteiger partial charge in [0.1, 0.15) is 0 Å². The molecule has 0 saturated carbocycles. The zero-order valence-corrected chi connectivity index (χ0v) is 7.95. The van der Waals surface area contributed by atoms with E-state index in [1.54, 1.807) is 11.3 Å². The van der Waals surface area contributed by atoms with Crippen molar-refractivity contribution in [3.05, 3.63) is 21.9 Å². The number of nitrogens with two attached hydrogens (primary N) is 1. The maximum absolute atomic E-state index is 5.96. The minimum atomic E-state index is 0.256. The van der Waals surface area contributed by atoms with Crippen molar-refractivity contribution in [3.8, 4) is 0 Å². The van der Waals surface area contributed by atoms with Gasteiger partial charge in [0.15, 0.2) is 0 Å². The molecule has 0 spiro atoms. The molecule has 1 aromatic rings.